The highest BCUT2D eigenvalue weighted by Gasteiger charge is 2.19. The number of carbonyl (C=O) groups is 1. The van der Waals surface area contributed by atoms with E-state index in [0.29, 0.717) is 19.6 Å². The van der Waals surface area contributed by atoms with Crippen LogP contribution in [0.3, 0.4) is 0 Å². The van der Waals surface area contributed by atoms with Crippen LogP contribution in [0.2, 0.25) is 0 Å². The van der Waals surface area contributed by atoms with Gasteiger partial charge in [-0.2, -0.15) is 0 Å². The van der Waals surface area contributed by atoms with Crippen molar-refractivity contribution in [1.29, 1.82) is 0 Å². The van der Waals surface area contributed by atoms with Gasteiger partial charge in [-0.25, -0.2) is 13.6 Å². The van der Waals surface area contributed by atoms with Crippen LogP contribution in [0.15, 0.2) is 12.1 Å². The molecule has 1 aliphatic heterocycles. The molecule has 7 heteroatoms. The van der Waals surface area contributed by atoms with Crippen LogP contribution in [0, 0.1) is 11.6 Å². The van der Waals surface area contributed by atoms with E-state index < -0.39 is 17.7 Å². The molecule has 1 aromatic rings. The van der Waals surface area contributed by atoms with E-state index in [0.717, 1.165) is 6.07 Å². The Balaban J connectivity index is 2.04. The lowest BCUT2D eigenvalue weighted by Crippen LogP contribution is -2.38. The second-order valence-electron chi connectivity index (χ2n) is 3.98. The number of benzene rings is 1. The van der Waals surface area contributed by atoms with Crippen molar-refractivity contribution in [2.75, 3.05) is 24.3 Å². The highest BCUT2D eigenvalue weighted by Crippen LogP contribution is 2.24. The van der Waals surface area contributed by atoms with Crippen molar-refractivity contribution in [3.05, 3.63) is 23.8 Å². The number of nitrogens with two attached hydrogens (primary N) is 1. The Hall–Kier alpha value is -1.89. The van der Waals surface area contributed by atoms with Crippen molar-refractivity contribution in [3.63, 3.8) is 0 Å². The van der Waals surface area contributed by atoms with Gasteiger partial charge in [0, 0.05) is 6.61 Å². The number of anilines is 2. The van der Waals surface area contributed by atoms with Crippen LogP contribution in [-0.4, -0.2) is 25.3 Å². The summed E-state index contributed by atoms with van der Waals surface area (Å²) in [4.78, 5) is 11.6. The molecule has 4 N–H and O–H groups in total. The van der Waals surface area contributed by atoms with E-state index in [-0.39, 0.29) is 17.4 Å². The van der Waals surface area contributed by atoms with Crippen molar-refractivity contribution in [1.82, 2.24) is 5.32 Å². The number of hydrogen-bond acceptors (Lipinski definition) is 3. The zero-order valence-corrected chi connectivity index (χ0v) is 9.50. The highest BCUT2D eigenvalue weighted by molar-refractivity contribution is 5.93. The van der Waals surface area contributed by atoms with Crippen molar-refractivity contribution < 1.29 is 18.3 Å². The lowest BCUT2D eigenvalue weighted by atomic mass is 10.2. The largest absolute Gasteiger partial charge is 0.397 e. The molecule has 1 unspecified atom stereocenters. The highest BCUT2D eigenvalue weighted by atomic mass is 19.2. The quantitative estimate of drug-likeness (QED) is 0.702. The number of nitrogens with one attached hydrogen (secondary N) is 2. The number of carbonyl (C=O) groups excluding carboxylic acids is 1. The fraction of sp³-hybridized carbons (Fsp3) is 0.364. The summed E-state index contributed by atoms with van der Waals surface area (Å²) >= 11 is 0. The first-order valence-electron chi connectivity index (χ1n) is 5.46. The molecule has 1 aromatic carbocycles. The number of rotatable bonds is 2. The van der Waals surface area contributed by atoms with E-state index in [9.17, 15) is 13.6 Å². The molecule has 1 fully saturated rings. The number of urea groups is 1. The summed E-state index contributed by atoms with van der Waals surface area (Å²) in [5, 5.41) is 4.78. The Morgan fingerprint density at radius 2 is 2.22 bits per heavy atom. The topological polar surface area (TPSA) is 76.4 Å². The summed E-state index contributed by atoms with van der Waals surface area (Å²) in [6.45, 7) is 0.982. The molecule has 0 radical (unpaired) electrons. The Kier molecular flexibility index (Phi) is 3.61. The van der Waals surface area contributed by atoms with Gasteiger partial charge in [-0.3, -0.25) is 0 Å². The van der Waals surface area contributed by atoms with Gasteiger partial charge in [0.15, 0.2) is 11.6 Å². The molecule has 1 heterocycles. The molecule has 2 amide bonds. The maximum atomic E-state index is 13.4. The number of nitrogen functional groups attached to an aromatic ring is 1. The first kappa shape index (κ1) is 12.6. The molecule has 0 spiro atoms. The Morgan fingerprint density at radius 3 is 2.89 bits per heavy atom. The molecular weight excluding hydrogens is 244 g/mol. The third kappa shape index (κ3) is 2.67. The minimum absolute atomic E-state index is 0.0354. The fourth-order valence-corrected chi connectivity index (χ4v) is 1.68. The zero-order chi connectivity index (χ0) is 13.1. The number of amides is 2. The molecule has 0 aromatic heterocycles. The first-order valence-corrected chi connectivity index (χ1v) is 5.46. The third-order valence-electron chi connectivity index (χ3n) is 2.63. The van der Waals surface area contributed by atoms with Crippen LogP contribution < -0.4 is 16.4 Å². The lowest BCUT2D eigenvalue weighted by molar-refractivity contribution is 0.189. The lowest BCUT2D eigenvalue weighted by Gasteiger charge is -2.13. The molecule has 1 atom stereocenters. The molecule has 0 bridgehead atoms. The molecule has 18 heavy (non-hydrogen) atoms. The summed E-state index contributed by atoms with van der Waals surface area (Å²) in [6, 6.07) is 1.33. The summed E-state index contributed by atoms with van der Waals surface area (Å²) < 4.78 is 31.5. The van der Waals surface area contributed by atoms with E-state index in [2.05, 4.69) is 10.6 Å². The second-order valence-corrected chi connectivity index (χ2v) is 3.98. The van der Waals surface area contributed by atoms with Gasteiger partial charge in [0.05, 0.1) is 18.3 Å². The molecule has 1 aliphatic rings. The van der Waals surface area contributed by atoms with Crippen molar-refractivity contribution in [2.45, 2.75) is 12.5 Å². The average Bonchev–Trinajstić information content (AvgIpc) is 2.82. The molecule has 0 saturated carbocycles. The molecular formula is C11H13F2N3O2. The second kappa shape index (κ2) is 5.18. The summed E-state index contributed by atoms with van der Waals surface area (Å²) in [5.74, 6) is -2.24. The predicted molar refractivity (Wildman–Crippen MR) is 62.1 cm³/mol. The first-order chi connectivity index (χ1) is 8.58. The number of ether oxygens (including phenoxy) is 1. The molecule has 0 aliphatic carbocycles. The van der Waals surface area contributed by atoms with E-state index in [4.69, 9.17) is 10.5 Å². The van der Waals surface area contributed by atoms with E-state index >= 15 is 0 Å². The summed E-state index contributed by atoms with van der Waals surface area (Å²) in [6.07, 6.45) is 0.689. The van der Waals surface area contributed by atoms with Crippen LogP contribution in [0.4, 0.5) is 25.0 Å². The van der Waals surface area contributed by atoms with E-state index in [1.54, 1.807) is 0 Å². The average molecular weight is 257 g/mol. The number of hydrogen-bond donors (Lipinski definition) is 3. The van der Waals surface area contributed by atoms with Gasteiger partial charge in [0.25, 0.3) is 0 Å². The van der Waals surface area contributed by atoms with Gasteiger partial charge in [-0.05, 0) is 18.6 Å². The zero-order valence-electron chi connectivity index (χ0n) is 9.50. The SMILES string of the molecule is Nc1ccc(F)c(F)c1NC(=O)NC1CCOC1. The van der Waals surface area contributed by atoms with Crippen LogP contribution in [0.5, 0.6) is 0 Å². The minimum atomic E-state index is -1.17. The van der Waals surface area contributed by atoms with Gasteiger partial charge in [-0.15, -0.1) is 0 Å². The van der Waals surface area contributed by atoms with Crippen LogP contribution in [0.25, 0.3) is 0 Å². The molecule has 2 rings (SSSR count). The molecule has 1 saturated heterocycles. The third-order valence-corrected chi connectivity index (χ3v) is 2.63. The summed E-state index contributed by atoms with van der Waals surface area (Å²) in [7, 11) is 0. The summed E-state index contributed by atoms with van der Waals surface area (Å²) in [5.41, 5.74) is 5.08. The standard InChI is InChI=1S/C11H13F2N3O2/c12-7-1-2-8(14)10(9(7)13)16-11(17)15-6-3-4-18-5-6/h1-2,6H,3-5,14H2,(H2,15,16,17). The fourth-order valence-electron chi connectivity index (χ4n) is 1.68. The van der Waals surface area contributed by atoms with Gasteiger partial charge in [-0.1, -0.05) is 0 Å². The Morgan fingerprint density at radius 1 is 1.44 bits per heavy atom. The van der Waals surface area contributed by atoms with Crippen molar-refractivity contribution >= 4 is 17.4 Å². The monoisotopic (exact) mass is 257 g/mol. The van der Waals surface area contributed by atoms with Gasteiger partial charge in [0.1, 0.15) is 5.69 Å². The maximum absolute atomic E-state index is 13.4. The van der Waals surface area contributed by atoms with Crippen molar-refractivity contribution in [3.8, 4) is 0 Å². The van der Waals surface area contributed by atoms with Gasteiger partial charge < -0.3 is 21.1 Å². The predicted octanol–water partition coefficient (Wildman–Crippen LogP) is 1.46. The van der Waals surface area contributed by atoms with Gasteiger partial charge in [0.2, 0.25) is 0 Å². The Labute approximate surface area is 102 Å². The minimum Gasteiger partial charge on any atom is -0.397 e. The molecule has 98 valence electrons. The van der Waals surface area contributed by atoms with E-state index in [1.807, 2.05) is 0 Å². The van der Waals surface area contributed by atoms with Crippen LogP contribution in [0.1, 0.15) is 6.42 Å². The van der Waals surface area contributed by atoms with Crippen molar-refractivity contribution in [2.24, 2.45) is 0 Å². The number of halogens is 2. The smallest absolute Gasteiger partial charge is 0.319 e. The normalized spacial score (nSPS) is 18.7. The van der Waals surface area contributed by atoms with Crippen LogP contribution >= 0.6 is 0 Å². The van der Waals surface area contributed by atoms with Crippen LogP contribution in [-0.2, 0) is 4.74 Å². The van der Waals surface area contributed by atoms with E-state index in [1.165, 1.54) is 6.07 Å². The maximum Gasteiger partial charge on any atom is 0.319 e. The molecule has 5 nitrogen and oxygen atoms in total. The van der Waals surface area contributed by atoms with Gasteiger partial charge >= 0.3 is 6.03 Å². The Bertz CT molecular complexity index is 462.